The predicted molar refractivity (Wildman–Crippen MR) is 88.1 cm³/mol. The van der Waals surface area contributed by atoms with Gasteiger partial charge in [0.15, 0.2) is 0 Å². The summed E-state index contributed by atoms with van der Waals surface area (Å²) < 4.78 is 0. The third-order valence-electron chi connectivity index (χ3n) is 4.56. The van der Waals surface area contributed by atoms with Crippen LogP contribution in [0.5, 0.6) is 0 Å². The Morgan fingerprint density at radius 2 is 1.90 bits per heavy atom. The number of hydrogen-bond donors (Lipinski definition) is 1. The number of halogens is 1. The van der Waals surface area contributed by atoms with Gasteiger partial charge < -0.3 is 10.6 Å². The molecule has 0 spiro atoms. The number of carbonyl (C=O) groups excluding carboxylic acids is 1. The summed E-state index contributed by atoms with van der Waals surface area (Å²) in [7, 11) is 1.91. The number of hydrogen-bond acceptors (Lipinski definition) is 2. The van der Waals surface area contributed by atoms with E-state index in [9.17, 15) is 4.79 Å². The highest BCUT2D eigenvalue weighted by atomic mass is 35.5. The van der Waals surface area contributed by atoms with E-state index in [0.29, 0.717) is 12.3 Å². The van der Waals surface area contributed by atoms with Crippen molar-refractivity contribution in [3.8, 4) is 0 Å². The van der Waals surface area contributed by atoms with Crippen LogP contribution in [0.1, 0.15) is 65.2 Å². The topological polar surface area (TPSA) is 46.3 Å². The second-order valence-corrected chi connectivity index (χ2v) is 6.55. The van der Waals surface area contributed by atoms with Gasteiger partial charge in [0.05, 0.1) is 0 Å². The third kappa shape index (κ3) is 7.49. The molecule has 1 unspecified atom stereocenters. The molecule has 120 valence electrons. The van der Waals surface area contributed by atoms with Crippen LogP contribution in [-0.4, -0.2) is 30.4 Å². The van der Waals surface area contributed by atoms with Gasteiger partial charge >= 0.3 is 0 Å². The van der Waals surface area contributed by atoms with Crippen molar-refractivity contribution in [3.63, 3.8) is 0 Å². The molecule has 1 aliphatic carbocycles. The van der Waals surface area contributed by atoms with E-state index in [0.717, 1.165) is 25.3 Å². The number of rotatable bonds is 8. The number of carbonyl (C=O) groups is 1. The minimum atomic E-state index is 0. The molecule has 1 saturated carbocycles. The van der Waals surface area contributed by atoms with E-state index in [1.54, 1.807) is 0 Å². The maximum absolute atomic E-state index is 12.0. The number of amides is 1. The van der Waals surface area contributed by atoms with E-state index >= 15 is 0 Å². The van der Waals surface area contributed by atoms with Crippen molar-refractivity contribution in [1.82, 2.24) is 4.90 Å². The van der Waals surface area contributed by atoms with Crippen molar-refractivity contribution in [1.29, 1.82) is 0 Å². The molecule has 0 aromatic rings. The normalized spacial score (nSPS) is 17.1. The summed E-state index contributed by atoms with van der Waals surface area (Å²) in [6.45, 7) is 5.06. The van der Waals surface area contributed by atoms with Gasteiger partial charge in [-0.15, -0.1) is 12.4 Å². The van der Waals surface area contributed by atoms with Gasteiger partial charge in [-0.2, -0.15) is 0 Å². The first-order chi connectivity index (χ1) is 9.00. The molecule has 3 nitrogen and oxygen atoms in total. The van der Waals surface area contributed by atoms with Crippen LogP contribution in [0.15, 0.2) is 0 Å². The molecule has 0 aromatic heterocycles. The Bertz CT molecular complexity index is 265. The lowest BCUT2D eigenvalue weighted by molar-refractivity contribution is -0.130. The molecule has 20 heavy (non-hydrogen) atoms. The smallest absolute Gasteiger partial charge is 0.222 e. The van der Waals surface area contributed by atoms with Gasteiger partial charge in [-0.05, 0) is 31.1 Å². The quantitative estimate of drug-likeness (QED) is 0.744. The molecule has 0 radical (unpaired) electrons. The Kier molecular flexibility index (Phi) is 10.3. The zero-order valence-electron chi connectivity index (χ0n) is 13.4. The Hall–Kier alpha value is -0.280. The molecular weight excluding hydrogens is 272 g/mol. The summed E-state index contributed by atoms with van der Waals surface area (Å²) in [6.07, 6.45) is 9.47. The lowest BCUT2D eigenvalue weighted by atomic mass is 10.00. The minimum absolute atomic E-state index is 0. The molecule has 0 heterocycles. The van der Waals surface area contributed by atoms with Gasteiger partial charge in [-0.1, -0.05) is 39.5 Å². The number of nitrogens with two attached hydrogens (primary N) is 1. The molecule has 1 rings (SSSR count). The Morgan fingerprint density at radius 1 is 1.30 bits per heavy atom. The Morgan fingerprint density at radius 3 is 2.45 bits per heavy atom. The summed E-state index contributed by atoms with van der Waals surface area (Å²) in [4.78, 5) is 13.8. The van der Waals surface area contributed by atoms with Crippen molar-refractivity contribution in [2.75, 3.05) is 13.6 Å². The molecule has 1 amide bonds. The Balaban J connectivity index is 0.00000361. The van der Waals surface area contributed by atoms with Crippen molar-refractivity contribution in [2.24, 2.45) is 17.6 Å². The highest BCUT2D eigenvalue weighted by molar-refractivity contribution is 5.85. The number of nitrogens with zero attached hydrogens (tertiary/aromatic N) is 1. The van der Waals surface area contributed by atoms with Gasteiger partial charge in [0, 0.05) is 26.1 Å². The lowest BCUT2D eigenvalue weighted by Crippen LogP contribution is -2.34. The first kappa shape index (κ1) is 19.7. The van der Waals surface area contributed by atoms with Gasteiger partial charge in [-0.3, -0.25) is 4.79 Å². The first-order valence-electron chi connectivity index (χ1n) is 8.00. The van der Waals surface area contributed by atoms with Crippen molar-refractivity contribution < 1.29 is 4.79 Å². The molecule has 0 aromatic carbocycles. The standard InChI is InChI=1S/C16H32N2O.ClH/c1-13(2)15(17)11-12-18(3)16(19)10-6-9-14-7-4-5-8-14;/h13-15H,4-12,17H2,1-3H3;1H. The molecule has 0 bridgehead atoms. The van der Waals surface area contributed by atoms with Gasteiger partial charge in [0.1, 0.15) is 0 Å². The molecule has 0 aliphatic heterocycles. The largest absolute Gasteiger partial charge is 0.346 e. The average Bonchev–Trinajstić information content (AvgIpc) is 2.88. The van der Waals surface area contributed by atoms with E-state index < -0.39 is 0 Å². The summed E-state index contributed by atoms with van der Waals surface area (Å²) in [5, 5.41) is 0. The van der Waals surface area contributed by atoms with Gasteiger partial charge in [0.25, 0.3) is 0 Å². The fourth-order valence-electron chi connectivity index (χ4n) is 2.83. The van der Waals surface area contributed by atoms with Crippen LogP contribution in [0.25, 0.3) is 0 Å². The summed E-state index contributed by atoms with van der Waals surface area (Å²) in [5.41, 5.74) is 6.01. The van der Waals surface area contributed by atoms with E-state index in [1.807, 2.05) is 11.9 Å². The zero-order chi connectivity index (χ0) is 14.3. The van der Waals surface area contributed by atoms with Crippen molar-refractivity contribution in [3.05, 3.63) is 0 Å². The second-order valence-electron chi connectivity index (χ2n) is 6.55. The summed E-state index contributed by atoms with van der Waals surface area (Å²) >= 11 is 0. The second kappa shape index (κ2) is 10.4. The molecular formula is C16H33ClN2O. The van der Waals surface area contributed by atoms with E-state index in [4.69, 9.17) is 5.73 Å². The summed E-state index contributed by atoms with van der Waals surface area (Å²) in [6, 6.07) is 0.203. The van der Waals surface area contributed by atoms with Gasteiger partial charge in [0.2, 0.25) is 5.91 Å². The maximum Gasteiger partial charge on any atom is 0.222 e. The molecule has 1 fully saturated rings. The minimum Gasteiger partial charge on any atom is -0.346 e. The lowest BCUT2D eigenvalue weighted by Gasteiger charge is -2.21. The summed E-state index contributed by atoms with van der Waals surface area (Å²) in [5.74, 6) is 1.67. The third-order valence-corrected chi connectivity index (χ3v) is 4.56. The first-order valence-corrected chi connectivity index (χ1v) is 8.00. The predicted octanol–water partition coefficient (Wildman–Crippen LogP) is 3.60. The Labute approximate surface area is 131 Å². The van der Waals surface area contributed by atoms with E-state index in [1.165, 1.54) is 32.1 Å². The van der Waals surface area contributed by atoms with Crippen LogP contribution in [0.4, 0.5) is 0 Å². The van der Waals surface area contributed by atoms with Crippen LogP contribution in [0, 0.1) is 11.8 Å². The fourth-order valence-corrected chi connectivity index (χ4v) is 2.83. The molecule has 1 atom stereocenters. The van der Waals surface area contributed by atoms with Crippen LogP contribution < -0.4 is 5.73 Å². The van der Waals surface area contributed by atoms with E-state index in [-0.39, 0.29) is 24.4 Å². The van der Waals surface area contributed by atoms with Crippen LogP contribution in [-0.2, 0) is 4.79 Å². The highest BCUT2D eigenvalue weighted by Gasteiger charge is 2.16. The zero-order valence-corrected chi connectivity index (χ0v) is 14.3. The van der Waals surface area contributed by atoms with Crippen LogP contribution in [0.3, 0.4) is 0 Å². The molecule has 1 aliphatic rings. The van der Waals surface area contributed by atoms with Crippen LogP contribution >= 0.6 is 12.4 Å². The molecule has 4 heteroatoms. The highest BCUT2D eigenvalue weighted by Crippen LogP contribution is 2.28. The van der Waals surface area contributed by atoms with Crippen LogP contribution in [0.2, 0.25) is 0 Å². The average molecular weight is 305 g/mol. The molecule has 2 N–H and O–H groups in total. The molecule has 0 saturated heterocycles. The maximum atomic E-state index is 12.0. The fraction of sp³-hybridized carbons (Fsp3) is 0.938. The van der Waals surface area contributed by atoms with Crippen molar-refractivity contribution >= 4 is 18.3 Å². The van der Waals surface area contributed by atoms with Gasteiger partial charge in [-0.25, -0.2) is 0 Å². The van der Waals surface area contributed by atoms with Crippen molar-refractivity contribution in [2.45, 2.75) is 71.3 Å². The SMILES string of the molecule is CC(C)C(N)CCN(C)C(=O)CCCC1CCCC1.Cl. The monoisotopic (exact) mass is 304 g/mol. The van der Waals surface area contributed by atoms with E-state index in [2.05, 4.69) is 13.8 Å².